The highest BCUT2D eigenvalue weighted by atomic mass is 16.2. The van der Waals surface area contributed by atoms with Gasteiger partial charge in [0.05, 0.1) is 11.6 Å². The SMILES string of the molecule is N#Cc1cccc(C(=O)N2CC[C@@H](N3CCc4ccccc4C3)C2)c1. The second kappa shape index (κ2) is 6.70. The molecule has 0 unspecified atom stereocenters. The molecular weight excluding hydrogens is 310 g/mol. The van der Waals surface area contributed by atoms with Crippen molar-refractivity contribution in [2.45, 2.75) is 25.4 Å². The lowest BCUT2D eigenvalue weighted by molar-refractivity contribution is 0.0773. The Morgan fingerprint density at radius 1 is 1.08 bits per heavy atom. The molecule has 0 saturated carbocycles. The highest BCUT2D eigenvalue weighted by Crippen LogP contribution is 2.25. The second-order valence-electron chi connectivity index (χ2n) is 6.88. The predicted octanol–water partition coefficient (Wildman–Crippen LogP) is 2.83. The Labute approximate surface area is 148 Å². The van der Waals surface area contributed by atoms with Crippen molar-refractivity contribution in [1.82, 2.24) is 9.80 Å². The molecule has 0 N–H and O–H groups in total. The largest absolute Gasteiger partial charge is 0.337 e. The number of rotatable bonds is 2. The summed E-state index contributed by atoms with van der Waals surface area (Å²) in [5, 5.41) is 9.02. The molecule has 25 heavy (non-hydrogen) atoms. The fourth-order valence-corrected chi connectivity index (χ4v) is 3.96. The molecule has 1 atom stereocenters. The first-order chi connectivity index (χ1) is 12.2. The molecule has 4 heteroatoms. The lowest BCUT2D eigenvalue weighted by Gasteiger charge is -2.33. The molecule has 4 nitrogen and oxygen atoms in total. The van der Waals surface area contributed by atoms with Crippen molar-refractivity contribution >= 4 is 5.91 Å². The quantitative estimate of drug-likeness (QED) is 0.850. The van der Waals surface area contributed by atoms with E-state index in [0.29, 0.717) is 17.2 Å². The Kier molecular flexibility index (Phi) is 4.25. The van der Waals surface area contributed by atoms with Gasteiger partial charge < -0.3 is 4.90 Å². The van der Waals surface area contributed by atoms with Crippen molar-refractivity contribution in [3.8, 4) is 6.07 Å². The number of amides is 1. The number of nitriles is 1. The topological polar surface area (TPSA) is 47.3 Å². The van der Waals surface area contributed by atoms with Crippen LogP contribution >= 0.6 is 0 Å². The van der Waals surface area contributed by atoms with E-state index < -0.39 is 0 Å². The van der Waals surface area contributed by atoms with Crippen molar-refractivity contribution in [3.05, 3.63) is 70.8 Å². The summed E-state index contributed by atoms with van der Waals surface area (Å²) in [6.45, 7) is 3.61. The van der Waals surface area contributed by atoms with E-state index in [2.05, 4.69) is 35.2 Å². The molecule has 2 aliphatic heterocycles. The molecule has 2 aliphatic rings. The third-order valence-electron chi connectivity index (χ3n) is 5.37. The van der Waals surface area contributed by atoms with Crippen LogP contribution in [-0.2, 0) is 13.0 Å². The standard InChI is InChI=1S/C21H21N3O/c22-13-16-4-3-7-18(12-16)21(25)24-11-9-20(15-24)23-10-8-17-5-1-2-6-19(17)14-23/h1-7,12,20H,8-11,14-15H2/t20-/m1/s1. The van der Waals surface area contributed by atoms with Crippen LogP contribution in [0.4, 0.5) is 0 Å². The van der Waals surface area contributed by atoms with E-state index in [1.165, 1.54) is 11.1 Å². The maximum atomic E-state index is 12.7. The van der Waals surface area contributed by atoms with E-state index in [1.807, 2.05) is 4.90 Å². The molecule has 126 valence electrons. The van der Waals surface area contributed by atoms with E-state index in [0.717, 1.165) is 39.0 Å². The van der Waals surface area contributed by atoms with E-state index >= 15 is 0 Å². The molecule has 0 spiro atoms. The van der Waals surface area contributed by atoms with Gasteiger partial charge in [-0.15, -0.1) is 0 Å². The predicted molar refractivity (Wildman–Crippen MR) is 96.0 cm³/mol. The van der Waals surface area contributed by atoms with Gasteiger partial charge in [-0.1, -0.05) is 30.3 Å². The number of hydrogen-bond donors (Lipinski definition) is 0. The zero-order chi connectivity index (χ0) is 17.2. The molecule has 1 fully saturated rings. The molecule has 2 aromatic rings. The summed E-state index contributed by atoms with van der Waals surface area (Å²) in [5.41, 5.74) is 4.02. The van der Waals surface area contributed by atoms with Crippen LogP contribution in [0.15, 0.2) is 48.5 Å². The first kappa shape index (κ1) is 15.9. The monoisotopic (exact) mass is 331 g/mol. The molecule has 0 radical (unpaired) electrons. The van der Waals surface area contributed by atoms with Gasteiger partial charge in [0, 0.05) is 37.8 Å². The van der Waals surface area contributed by atoms with Crippen LogP contribution in [-0.4, -0.2) is 41.4 Å². The third kappa shape index (κ3) is 3.16. The van der Waals surface area contributed by atoms with E-state index in [-0.39, 0.29) is 5.91 Å². The molecule has 2 heterocycles. The Hall–Kier alpha value is -2.64. The molecule has 2 aromatic carbocycles. The van der Waals surface area contributed by atoms with Gasteiger partial charge in [-0.3, -0.25) is 9.69 Å². The zero-order valence-corrected chi connectivity index (χ0v) is 14.2. The van der Waals surface area contributed by atoms with Crippen LogP contribution in [0.3, 0.4) is 0 Å². The van der Waals surface area contributed by atoms with E-state index in [4.69, 9.17) is 5.26 Å². The summed E-state index contributed by atoms with van der Waals surface area (Å²) in [7, 11) is 0. The van der Waals surface area contributed by atoms with Crippen LogP contribution < -0.4 is 0 Å². The van der Waals surface area contributed by atoms with Gasteiger partial charge in [0.1, 0.15) is 0 Å². The minimum absolute atomic E-state index is 0.0389. The lowest BCUT2D eigenvalue weighted by Crippen LogP contribution is -2.41. The van der Waals surface area contributed by atoms with Crippen LogP contribution in [0.2, 0.25) is 0 Å². The summed E-state index contributed by atoms with van der Waals surface area (Å²) in [6, 6.07) is 18.2. The maximum Gasteiger partial charge on any atom is 0.253 e. The number of hydrogen-bond acceptors (Lipinski definition) is 3. The molecule has 1 saturated heterocycles. The Bertz CT molecular complexity index is 839. The molecule has 0 aliphatic carbocycles. The molecule has 1 amide bonds. The minimum Gasteiger partial charge on any atom is -0.337 e. The van der Waals surface area contributed by atoms with Gasteiger partial charge in [0.15, 0.2) is 0 Å². The summed E-state index contributed by atoms with van der Waals surface area (Å²) in [5.74, 6) is 0.0389. The number of carbonyl (C=O) groups excluding carboxylic acids is 1. The summed E-state index contributed by atoms with van der Waals surface area (Å²) in [4.78, 5) is 17.2. The Morgan fingerprint density at radius 3 is 2.76 bits per heavy atom. The van der Waals surface area contributed by atoms with Gasteiger partial charge in [-0.2, -0.15) is 5.26 Å². The van der Waals surface area contributed by atoms with Crippen molar-refractivity contribution < 1.29 is 4.79 Å². The van der Waals surface area contributed by atoms with Gasteiger partial charge in [0.2, 0.25) is 0 Å². The van der Waals surface area contributed by atoms with Crippen molar-refractivity contribution in [2.24, 2.45) is 0 Å². The third-order valence-corrected chi connectivity index (χ3v) is 5.37. The minimum atomic E-state index is 0.0389. The second-order valence-corrected chi connectivity index (χ2v) is 6.88. The number of fused-ring (bicyclic) bond motifs is 1. The Balaban J connectivity index is 1.43. The fraction of sp³-hybridized carbons (Fsp3) is 0.333. The smallest absolute Gasteiger partial charge is 0.253 e. The van der Waals surface area contributed by atoms with Gasteiger partial charge in [-0.25, -0.2) is 0 Å². The Morgan fingerprint density at radius 2 is 1.92 bits per heavy atom. The van der Waals surface area contributed by atoms with Crippen LogP contribution in [0.5, 0.6) is 0 Å². The van der Waals surface area contributed by atoms with E-state index in [1.54, 1.807) is 24.3 Å². The number of carbonyl (C=O) groups is 1. The van der Waals surface area contributed by atoms with Crippen molar-refractivity contribution in [2.75, 3.05) is 19.6 Å². The van der Waals surface area contributed by atoms with Gasteiger partial charge in [-0.05, 0) is 42.2 Å². The van der Waals surface area contributed by atoms with Crippen LogP contribution in [0.25, 0.3) is 0 Å². The molecular formula is C21H21N3O. The highest BCUT2D eigenvalue weighted by Gasteiger charge is 2.32. The average Bonchev–Trinajstić information content (AvgIpc) is 3.17. The van der Waals surface area contributed by atoms with Gasteiger partial charge in [0.25, 0.3) is 5.91 Å². The first-order valence-electron chi connectivity index (χ1n) is 8.85. The normalized spacial score (nSPS) is 20.1. The average molecular weight is 331 g/mol. The number of likely N-dealkylation sites (tertiary alicyclic amines) is 1. The summed E-state index contributed by atoms with van der Waals surface area (Å²) >= 11 is 0. The number of benzene rings is 2. The summed E-state index contributed by atoms with van der Waals surface area (Å²) in [6.07, 6.45) is 2.11. The molecule has 0 bridgehead atoms. The zero-order valence-electron chi connectivity index (χ0n) is 14.2. The van der Waals surface area contributed by atoms with Crippen molar-refractivity contribution in [1.29, 1.82) is 5.26 Å². The fourth-order valence-electron chi connectivity index (χ4n) is 3.96. The first-order valence-corrected chi connectivity index (χ1v) is 8.85. The highest BCUT2D eigenvalue weighted by molar-refractivity contribution is 5.94. The van der Waals surface area contributed by atoms with Crippen molar-refractivity contribution in [3.63, 3.8) is 0 Å². The molecule has 0 aromatic heterocycles. The maximum absolute atomic E-state index is 12.7. The number of nitrogens with zero attached hydrogens (tertiary/aromatic N) is 3. The van der Waals surface area contributed by atoms with Gasteiger partial charge >= 0.3 is 0 Å². The van der Waals surface area contributed by atoms with E-state index in [9.17, 15) is 4.79 Å². The van der Waals surface area contributed by atoms with Crippen LogP contribution in [0, 0.1) is 11.3 Å². The lowest BCUT2D eigenvalue weighted by atomic mass is 9.98. The van der Waals surface area contributed by atoms with Crippen LogP contribution in [0.1, 0.15) is 33.5 Å². The summed E-state index contributed by atoms with van der Waals surface area (Å²) < 4.78 is 0. The molecule has 4 rings (SSSR count).